The molecule has 3 rings (SSSR count). The molecule has 1 aromatic carbocycles. The topological polar surface area (TPSA) is 167 Å². The number of hydrogen-bond donors (Lipinski definition) is 4. The first-order chi connectivity index (χ1) is 24.6. The molecular formula is C39H63N5O8. The van der Waals surface area contributed by atoms with E-state index < -0.39 is 59.7 Å². The van der Waals surface area contributed by atoms with Crippen molar-refractivity contribution in [2.75, 3.05) is 34.4 Å². The Kier molecular flexibility index (Phi) is 16.1. The van der Waals surface area contributed by atoms with E-state index >= 15 is 0 Å². The van der Waals surface area contributed by atoms with Crippen LogP contribution in [-0.4, -0.2) is 121 Å². The number of likely N-dealkylation sites (N-methyl/N-ethyl adjacent to an activating group) is 1. The van der Waals surface area contributed by atoms with Crippen LogP contribution in [0.15, 0.2) is 30.3 Å². The van der Waals surface area contributed by atoms with Gasteiger partial charge >= 0.3 is 5.97 Å². The van der Waals surface area contributed by atoms with Gasteiger partial charge in [0.25, 0.3) is 0 Å². The molecule has 2 fully saturated rings. The molecule has 0 aromatic heterocycles. The summed E-state index contributed by atoms with van der Waals surface area (Å²) in [7, 11) is 4.76. The van der Waals surface area contributed by atoms with Crippen molar-refractivity contribution in [3.05, 3.63) is 35.9 Å². The van der Waals surface area contributed by atoms with Crippen LogP contribution in [0.4, 0.5) is 0 Å². The monoisotopic (exact) mass is 729 g/mol. The van der Waals surface area contributed by atoms with Crippen molar-refractivity contribution in [1.82, 2.24) is 25.8 Å². The molecule has 2 saturated heterocycles. The molecule has 4 N–H and O–H groups in total. The van der Waals surface area contributed by atoms with E-state index in [2.05, 4.69) is 16.0 Å². The second-order valence-electron chi connectivity index (χ2n) is 15.2. The number of likely N-dealkylation sites (tertiary alicyclic amines) is 1. The van der Waals surface area contributed by atoms with Crippen molar-refractivity contribution in [3.8, 4) is 0 Å². The molecule has 13 heteroatoms. The van der Waals surface area contributed by atoms with E-state index in [0.717, 1.165) is 24.9 Å². The number of amides is 4. The van der Waals surface area contributed by atoms with Crippen molar-refractivity contribution in [2.45, 2.75) is 128 Å². The van der Waals surface area contributed by atoms with E-state index in [1.54, 1.807) is 30.9 Å². The molecule has 3 unspecified atom stereocenters. The third-order valence-electron chi connectivity index (χ3n) is 11.2. The zero-order valence-corrected chi connectivity index (χ0v) is 32.6. The Balaban J connectivity index is 1.76. The number of carboxylic acids is 1. The minimum absolute atomic E-state index is 0.00447. The van der Waals surface area contributed by atoms with Crippen molar-refractivity contribution >= 4 is 29.6 Å². The van der Waals surface area contributed by atoms with Gasteiger partial charge in [-0.3, -0.25) is 19.2 Å². The highest BCUT2D eigenvalue weighted by Gasteiger charge is 2.44. The number of carbonyl (C=O) groups is 5. The van der Waals surface area contributed by atoms with Crippen molar-refractivity contribution in [1.29, 1.82) is 0 Å². The SMILES string of the molecule is CCC(C)C(C(CC(=O)N1CCC[C@H]1[C@H](OC)[C@@H](C)C(=O)N[C@@H](Cc1ccccc1)C(=O)O)OC)N(C)C(=O)[C@@H](NC(=O)[C@]1(C)CCCN1)C(C)C. The largest absolute Gasteiger partial charge is 0.480 e. The number of methoxy groups -OCH3 is 2. The number of ether oxygens (including phenoxy) is 2. The van der Waals surface area contributed by atoms with Gasteiger partial charge in [-0.1, -0.05) is 71.4 Å². The smallest absolute Gasteiger partial charge is 0.326 e. The summed E-state index contributed by atoms with van der Waals surface area (Å²) in [6, 6.07) is 6.34. The van der Waals surface area contributed by atoms with Gasteiger partial charge in [0.1, 0.15) is 12.1 Å². The summed E-state index contributed by atoms with van der Waals surface area (Å²) < 4.78 is 11.8. The van der Waals surface area contributed by atoms with E-state index in [1.165, 1.54) is 7.11 Å². The average molecular weight is 730 g/mol. The predicted molar refractivity (Wildman–Crippen MR) is 198 cm³/mol. The van der Waals surface area contributed by atoms with Gasteiger partial charge in [-0.25, -0.2) is 4.79 Å². The van der Waals surface area contributed by atoms with Crippen LogP contribution < -0.4 is 16.0 Å². The zero-order chi connectivity index (χ0) is 38.7. The van der Waals surface area contributed by atoms with Crippen LogP contribution in [0.25, 0.3) is 0 Å². The second-order valence-corrected chi connectivity index (χ2v) is 15.2. The standard InChI is InChI=1S/C39H63N5O8/c1-10-25(4)33(43(7)36(47)32(24(2)3)42-38(50)39(6)19-15-20-40-39)30(51-8)23-31(45)44-21-14-18-29(44)34(52-9)26(5)35(46)41-28(37(48)49)22-27-16-12-11-13-17-27/h11-13,16-17,24-26,28-30,32-34,40H,10,14-15,18-23H2,1-9H3,(H,41,46)(H,42,50)(H,48,49)/t25?,26-,28+,29+,30?,32+,33?,34-,39+/m1/s1. The first-order valence-electron chi connectivity index (χ1n) is 18.8. The molecule has 9 atom stereocenters. The molecule has 52 heavy (non-hydrogen) atoms. The normalized spacial score (nSPS) is 22.9. The third kappa shape index (κ3) is 10.5. The highest BCUT2D eigenvalue weighted by Crippen LogP contribution is 2.30. The maximum absolute atomic E-state index is 14.2. The quantitative estimate of drug-likeness (QED) is 0.168. The molecule has 2 heterocycles. The van der Waals surface area contributed by atoms with Crippen LogP contribution in [0.3, 0.4) is 0 Å². The number of aliphatic carboxylic acids is 1. The van der Waals surface area contributed by atoms with Crippen LogP contribution in [0.5, 0.6) is 0 Å². The summed E-state index contributed by atoms with van der Waals surface area (Å²) >= 11 is 0. The molecule has 0 spiro atoms. The predicted octanol–water partition coefficient (Wildman–Crippen LogP) is 3.00. The molecule has 4 amide bonds. The van der Waals surface area contributed by atoms with Gasteiger partial charge in [0.05, 0.1) is 42.2 Å². The van der Waals surface area contributed by atoms with Crippen LogP contribution in [0.1, 0.15) is 85.6 Å². The fraction of sp³-hybridized carbons (Fsp3) is 0.718. The first-order valence-corrected chi connectivity index (χ1v) is 18.8. The Morgan fingerprint density at radius 3 is 2.25 bits per heavy atom. The Morgan fingerprint density at radius 1 is 1.04 bits per heavy atom. The molecule has 0 saturated carbocycles. The highest BCUT2D eigenvalue weighted by molar-refractivity contribution is 5.92. The summed E-state index contributed by atoms with van der Waals surface area (Å²) in [6.45, 7) is 12.6. The van der Waals surface area contributed by atoms with Gasteiger partial charge in [-0.05, 0) is 56.6 Å². The van der Waals surface area contributed by atoms with Crippen molar-refractivity contribution in [3.63, 3.8) is 0 Å². The number of nitrogens with one attached hydrogen (secondary N) is 3. The van der Waals surface area contributed by atoms with Crippen molar-refractivity contribution < 1.29 is 38.6 Å². The van der Waals surface area contributed by atoms with Crippen LogP contribution in [0, 0.1) is 17.8 Å². The van der Waals surface area contributed by atoms with Gasteiger partial charge in [-0.2, -0.15) is 0 Å². The fourth-order valence-corrected chi connectivity index (χ4v) is 7.78. The van der Waals surface area contributed by atoms with Crippen LogP contribution >= 0.6 is 0 Å². The van der Waals surface area contributed by atoms with Gasteiger partial charge in [0.15, 0.2) is 0 Å². The van der Waals surface area contributed by atoms with Gasteiger partial charge < -0.3 is 40.3 Å². The minimum atomic E-state index is -1.14. The number of hydrogen-bond acceptors (Lipinski definition) is 8. The summed E-state index contributed by atoms with van der Waals surface area (Å²) in [6.07, 6.45) is 2.43. The lowest BCUT2D eigenvalue weighted by molar-refractivity contribution is -0.148. The molecular weight excluding hydrogens is 666 g/mol. The number of carbonyl (C=O) groups excluding carboxylic acids is 4. The Bertz CT molecular complexity index is 1350. The van der Waals surface area contributed by atoms with Crippen LogP contribution in [-0.2, 0) is 39.9 Å². The Hall–Kier alpha value is -3.55. The van der Waals surface area contributed by atoms with Gasteiger partial charge in [-0.15, -0.1) is 0 Å². The zero-order valence-electron chi connectivity index (χ0n) is 32.6. The maximum atomic E-state index is 14.2. The Morgan fingerprint density at radius 2 is 1.71 bits per heavy atom. The molecule has 13 nitrogen and oxygen atoms in total. The summed E-state index contributed by atoms with van der Waals surface area (Å²) in [4.78, 5) is 70.5. The van der Waals surface area contributed by atoms with E-state index in [0.29, 0.717) is 25.8 Å². The fourth-order valence-electron chi connectivity index (χ4n) is 7.78. The van der Waals surface area contributed by atoms with Gasteiger partial charge in [0, 0.05) is 34.2 Å². The second kappa shape index (κ2) is 19.5. The minimum Gasteiger partial charge on any atom is -0.480 e. The number of rotatable bonds is 19. The van der Waals surface area contributed by atoms with Crippen LogP contribution in [0.2, 0.25) is 0 Å². The number of benzene rings is 1. The summed E-state index contributed by atoms with van der Waals surface area (Å²) in [5, 5.41) is 18.8. The maximum Gasteiger partial charge on any atom is 0.326 e. The summed E-state index contributed by atoms with van der Waals surface area (Å²) in [5.41, 5.74) is 0.0588. The third-order valence-corrected chi connectivity index (χ3v) is 11.2. The first kappa shape index (κ1) is 42.9. The molecule has 0 bridgehead atoms. The van der Waals surface area contributed by atoms with E-state index in [9.17, 15) is 29.1 Å². The van der Waals surface area contributed by atoms with E-state index in [1.807, 2.05) is 65.0 Å². The lowest BCUT2D eigenvalue weighted by Crippen LogP contribution is -2.61. The molecule has 2 aliphatic heterocycles. The average Bonchev–Trinajstić information content (AvgIpc) is 3.80. The van der Waals surface area contributed by atoms with E-state index in [4.69, 9.17) is 9.47 Å². The molecule has 0 radical (unpaired) electrons. The Labute approximate surface area is 309 Å². The molecule has 0 aliphatic carbocycles. The summed E-state index contributed by atoms with van der Waals surface area (Å²) in [5.74, 6) is -3.19. The van der Waals surface area contributed by atoms with Crippen molar-refractivity contribution in [2.24, 2.45) is 17.8 Å². The highest BCUT2D eigenvalue weighted by atomic mass is 16.5. The lowest BCUT2D eigenvalue weighted by atomic mass is 9.89. The lowest BCUT2D eigenvalue weighted by Gasteiger charge is -2.41. The molecule has 1 aromatic rings. The van der Waals surface area contributed by atoms with E-state index in [-0.39, 0.29) is 42.4 Å². The van der Waals surface area contributed by atoms with Gasteiger partial charge in [0.2, 0.25) is 23.6 Å². The molecule has 2 aliphatic rings. The molecule has 292 valence electrons. The number of nitrogens with zero attached hydrogens (tertiary/aromatic N) is 2. The number of carboxylic acid groups (broad SMARTS) is 1.